The van der Waals surface area contributed by atoms with Gasteiger partial charge in [-0.05, 0) is 56.3 Å². The molecule has 1 nitrogen and oxygen atoms in total. The molecule has 0 radical (unpaired) electrons. The maximum absolute atomic E-state index is 5.83. The van der Waals surface area contributed by atoms with Crippen LogP contribution in [0.25, 0.3) is 0 Å². The van der Waals surface area contributed by atoms with E-state index in [1.807, 2.05) is 12.1 Å². The van der Waals surface area contributed by atoms with Crippen molar-refractivity contribution < 1.29 is 0 Å². The normalized spacial score (nSPS) is 17.7. The molecule has 0 unspecified atom stereocenters. The zero-order valence-electron chi connectivity index (χ0n) is 9.17. The van der Waals surface area contributed by atoms with E-state index in [0.29, 0.717) is 6.04 Å². The average Bonchev–Trinajstić information content (AvgIpc) is 3.04. The molecule has 0 amide bonds. The summed E-state index contributed by atoms with van der Waals surface area (Å²) in [5.74, 6) is 0.940. The van der Waals surface area contributed by atoms with Gasteiger partial charge in [-0.25, -0.2) is 0 Å². The molecule has 2 heteroatoms. The fourth-order valence-electron chi connectivity index (χ4n) is 1.86. The Morgan fingerprint density at radius 1 is 1.33 bits per heavy atom. The first kappa shape index (κ1) is 11.0. The Balaban J connectivity index is 1.70. The van der Waals surface area contributed by atoms with Crippen molar-refractivity contribution in [3.05, 3.63) is 34.9 Å². The Morgan fingerprint density at radius 2 is 2.00 bits per heavy atom. The summed E-state index contributed by atoms with van der Waals surface area (Å²) in [5.41, 5.74) is 1.36. The lowest BCUT2D eigenvalue weighted by molar-refractivity contribution is 0.500. The third-order valence-electron chi connectivity index (χ3n) is 3.12. The lowest BCUT2D eigenvalue weighted by Gasteiger charge is -2.12. The first-order chi connectivity index (χ1) is 7.25. The van der Waals surface area contributed by atoms with E-state index in [1.54, 1.807) is 0 Å². The minimum Gasteiger partial charge on any atom is -0.314 e. The SMILES string of the molecule is C[C@H](NCCc1ccc(Cl)cc1)C1CC1. The zero-order chi connectivity index (χ0) is 10.7. The summed E-state index contributed by atoms with van der Waals surface area (Å²) in [4.78, 5) is 0. The average molecular weight is 224 g/mol. The molecule has 0 aromatic heterocycles. The van der Waals surface area contributed by atoms with Crippen LogP contribution in [0.15, 0.2) is 24.3 Å². The maximum Gasteiger partial charge on any atom is 0.0406 e. The highest BCUT2D eigenvalue weighted by Gasteiger charge is 2.26. The molecule has 1 aliphatic rings. The van der Waals surface area contributed by atoms with Crippen LogP contribution in [0.3, 0.4) is 0 Å². The molecule has 1 fully saturated rings. The van der Waals surface area contributed by atoms with E-state index < -0.39 is 0 Å². The maximum atomic E-state index is 5.83. The van der Waals surface area contributed by atoms with Gasteiger partial charge in [0.15, 0.2) is 0 Å². The summed E-state index contributed by atoms with van der Waals surface area (Å²) in [6, 6.07) is 8.82. The predicted octanol–water partition coefficient (Wildman–Crippen LogP) is 3.27. The van der Waals surface area contributed by atoms with Crippen molar-refractivity contribution >= 4 is 11.6 Å². The molecule has 82 valence electrons. The molecule has 0 saturated heterocycles. The van der Waals surface area contributed by atoms with Crippen molar-refractivity contribution in [2.75, 3.05) is 6.54 Å². The molecule has 1 saturated carbocycles. The van der Waals surface area contributed by atoms with Gasteiger partial charge in [-0.1, -0.05) is 23.7 Å². The van der Waals surface area contributed by atoms with Crippen LogP contribution in [0, 0.1) is 5.92 Å². The van der Waals surface area contributed by atoms with Gasteiger partial charge in [-0.2, -0.15) is 0 Å². The predicted molar refractivity (Wildman–Crippen MR) is 65.3 cm³/mol. The number of nitrogens with one attached hydrogen (secondary N) is 1. The van der Waals surface area contributed by atoms with Gasteiger partial charge in [0.25, 0.3) is 0 Å². The highest BCUT2D eigenvalue weighted by molar-refractivity contribution is 6.30. The first-order valence-corrected chi connectivity index (χ1v) is 6.11. The molecule has 1 aromatic rings. The van der Waals surface area contributed by atoms with E-state index in [4.69, 9.17) is 11.6 Å². The van der Waals surface area contributed by atoms with Gasteiger partial charge in [0.1, 0.15) is 0 Å². The van der Waals surface area contributed by atoms with Crippen LogP contribution in [-0.2, 0) is 6.42 Å². The first-order valence-electron chi connectivity index (χ1n) is 5.73. The van der Waals surface area contributed by atoms with Gasteiger partial charge in [0, 0.05) is 11.1 Å². The minimum atomic E-state index is 0.692. The molecule has 2 rings (SSSR count). The zero-order valence-corrected chi connectivity index (χ0v) is 9.93. The quantitative estimate of drug-likeness (QED) is 0.808. The highest BCUT2D eigenvalue weighted by Crippen LogP contribution is 2.32. The largest absolute Gasteiger partial charge is 0.314 e. The molecule has 1 aliphatic carbocycles. The molecule has 1 N–H and O–H groups in total. The Kier molecular flexibility index (Phi) is 3.66. The second-order valence-electron chi connectivity index (χ2n) is 4.46. The van der Waals surface area contributed by atoms with Crippen LogP contribution in [0.4, 0.5) is 0 Å². The van der Waals surface area contributed by atoms with Gasteiger partial charge in [-0.15, -0.1) is 0 Å². The molecule has 15 heavy (non-hydrogen) atoms. The Morgan fingerprint density at radius 3 is 2.60 bits per heavy atom. The second-order valence-corrected chi connectivity index (χ2v) is 4.89. The summed E-state index contributed by atoms with van der Waals surface area (Å²) in [7, 11) is 0. The van der Waals surface area contributed by atoms with Crippen molar-refractivity contribution in [2.24, 2.45) is 5.92 Å². The van der Waals surface area contributed by atoms with Crippen molar-refractivity contribution in [1.29, 1.82) is 0 Å². The topological polar surface area (TPSA) is 12.0 Å². The van der Waals surface area contributed by atoms with E-state index in [-0.39, 0.29) is 0 Å². The van der Waals surface area contributed by atoms with Gasteiger partial charge >= 0.3 is 0 Å². The Bertz CT molecular complexity index is 303. The molecule has 1 aromatic carbocycles. The van der Waals surface area contributed by atoms with Gasteiger partial charge in [-0.3, -0.25) is 0 Å². The van der Waals surface area contributed by atoms with Gasteiger partial charge in [0.2, 0.25) is 0 Å². The number of hydrogen-bond acceptors (Lipinski definition) is 1. The number of halogens is 1. The van der Waals surface area contributed by atoms with E-state index >= 15 is 0 Å². The summed E-state index contributed by atoms with van der Waals surface area (Å²) in [6.45, 7) is 3.36. The standard InChI is InChI=1S/C13H18ClN/c1-10(12-4-5-12)15-9-8-11-2-6-13(14)7-3-11/h2-3,6-7,10,12,15H,4-5,8-9H2,1H3/t10-/m0/s1. The van der Waals surface area contributed by atoms with Crippen LogP contribution in [0.5, 0.6) is 0 Å². The Labute approximate surface area is 96.8 Å². The fourth-order valence-corrected chi connectivity index (χ4v) is 1.98. The van der Waals surface area contributed by atoms with Crippen molar-refractivity contribution in [1.82, 2.24) is 5.32 Å². The molecule has 1 atom stereocenters. The van der Waals surface area contributed by atoms with Gasteiger partial charge in [0.05, 0.1) is 0 Å². The third-order valence-corrected chi connectivity index (χ3v) is 3.37. The highest BCUT2D eigenvalue weighted by atomic mass is 35.5. The number of benzene rings is 1. The molecule has 0 spiro atoms. The summed E-state index contributed by atoms with van der Waals surface area (Å²) < 4.78 is 0. The van der Waals surface area contributed by atoms with Crippen molar-refractivity contribution in [2.45, 2.75) is 32.2 Å². The van der Waals surface area contributed by atoms with E-state index in [1.165, 1.54) is 18.4 Å². The molecule has 0 heterocycles. The van der Waals surface area contributed by atoms with Crippen LogP contribution in [0.2, 0.25) is 5.02 Å². The summed E-state index contributed by atoms with van der Waals surface area (Å²) >= 11 is 5.83. The van der Waals surface area contributed by atoms with E-state index in [2.05, 4.69) is 24.4 Å². The van der Waals surface area contributed by atoms with Crippen molar-refractivity contribution in [3.8, 4) is 0 Å². The van der Waals surface area contributed by atoms with Crippen LogP contribution >= 0.6 is 11.6 Å². The number of rotatable bonds is 5. The van der Waals surface area contributed by atoms with Crippen molar-refractivity contribution in [3.63, 3.8) is 0 Å². The summed E-state index contributed by atoms with van der Waals surface area (Å²) in [5, 5.41) is 4.39. The van der Waals surface area contributed by atoms with E-state index in [0.717, 1.165) is 23.9 Å². The smallest absolute Gasteiger partial charge is 0.0406 e. The number of hydrogen-bond donors (Lipinski definition) is 1. The Hall–Kier alpha value is -0.530. The third kappa shape index (κ3) is 3.51. The fraction of sp³-hybridized carbons (Fsp3) is 0.538. The van der Waals surface area contributed by atoms with E-state index in [9.17, 15) is 0 Å². The second kappa shape index (κ2) is 5.00. The summed E-state index contributed by atoms with van der Waals surface area (Å²) in [6.07, 6.45) is 3.92. The van der Waals surface area contributed by atoms with Crippen LogP contribution in [0.1, 0.15) is 25.3 Å². The molecular formula is C13H18ClN. The minimum absolute atomic E-state index is 0.692. The lowest BCUT2D eigenvalue weighted by atomic mass is 10.1. The molecule has 0 bridgehead atoms. The van der Waals surface area contributed by atoms with Crippen LogP contribution in [-0.4, -0.2) is 12.6 Å². The molecular weight excluding hydrogens is 206 g/mol. The monoisotopic (exact) mass is 223 g/mol. The van der Waals surface area contributed by atoms with Gasteiger partial charge < -0.3 is 5.32 Å². The molecule has 0 aliphatic heterocycles. The lowest BCUT2D eigenvalue weighted by Crippen LogP contribution is -2.29. The van der Waals surface area contributed by atoms with Crippen LogP contribution < -0.4 is 5.32 Å².